The molecule has 0 bridgehead atoms. The van der Waals surface area contributed by atoms with Crippen LogP contribution in [0.25, 0.3) is 22.4 Å². The number of carbonyl (C=O) groups excluding carboxylic acids is 1. The van der Waals surface area contributed by atoms with Gasteiger partial charge in [0.2, 0.25) is 5.91 Å². The summed E-state index contributed by atoms with van der Waals surface area (Å²) in [5, 5.41) is 10.8. The molecule has 0 saturated heterocycles. The smallest absolute Gasteiger partial charge is 0.243 e. The number of nitrogens with zero attached hydrogens (tertiary/aromatic N) is 3. The summed E-state index contributed by atoms with van der Waals surface area (Å²) in [7, 11) is 0. The Morgan fingerprint density at radius 3 is 2.84 bits per heavy atom. The molecule has 2 heterocycles. The first-order valence-electron chi connectivity index (χ1n) is 8.05. The third-order valence-corrected chi connectivity index (χ3v) is 3.92. The minimum atomic E-state index is -0.945. The van der Waals surface area contributed by atoms with Gasteiger partial charge in [-0.3, -0.25) is 4.79 Å². The lowest BCUT2D eigenvalue weighted by molar-refractivity contribution is -0.123. The van der Waals surface area contributed by atoms with Gasteiger partial charge in [-0.05, 0) is 38.1 Å². The van der Waals surface area contributed by atoms with Crippen molar-refractivity contribution in [2.75, 3.05) is 6.61 Å². The normalized spacial score (nSPS) is 13.6. The molecule has 3 rings (SSSR count). The number of imidazole rings is 1. The van der Waals surface area contributed by atoms with Crippen molar-refractivity contribution in [3.05, 3.63) is 42.7 Å². The highest BCUT2D eigenvalue weighted by Crippen LogP contribution is 2.26. The minimum absolute atomic E-state index is 0.473. The molecule has 0 spiro atoms. The van der Waals surface area contributed by atoms with Gasteiger partial charge in [0.25, 0.3) is 0 Å². The predicted molar refractivity (Wildman–Crippen MR) is 94.0 cm³/mol. The Bertz CT molecular complexity index is 904. The number of nitrogens with two attached hydrogens (primary N) is 1. The van der Waals surface area contributed by atoms with Crippen LogP contribution in [-0.4, -0.2) is 38.3 Å². The summed E-state index contributed by atoms with van der Waals surface area (Å²) in [4.78, 5) is 20.6. The fourth-order valence-corrected chi connectivity index (χ4v) is 2.83. The molecule has 130 valence electrons. The number of aliphatic hydroxyl groups excluding tert-OH is 1. The van der Waals surface area contributed by atoms with Gasteiger partial charge < -0.3 is 20.1 Å². The van der Waals surface area contributed by atoms with Crippen LogP contribution >= 0.6 is 0 Å². The predicted octanol–water partition coefficient (Wildman–Crippen LogP) is 1.90. The topological polar surface area (TPSA) is 103 Å². The van der Waals surface area contributed by atoms with Crippen LogP contribution < -0.4 is 10.5 Å². The number of aliphatic hydroxyl groups is 1. The lowest BCUT2D eigenvalue weighted by Crippen LogP contribution is -2.34. The van der Waals surface area contributed by atoms with Crippen molar-refractivity contribution in [3.63, 3.8) is 0 Å². The Labute approximate surface area is 145 Å². The standard InChI is InChI=1S/C18H20N4O3/c1-3-25-13-5-7-14-12(10-13)4-6-15(21-14)18-20-8-9-22(18)16(11(2)23)17(19)24/h4-11,16,23H,3H2,1-2H3,(H2,19,24)/t11-,16+/m1/s1. The van der Waals surface area contributed by atoms with Crippen LogP contribution in [0.2, 0.25) is 0 Å². The maximum Gasteiger partial charge on any atom is 0.243 e. The zero-order chi connectivity index (χ0) is 18.0. The summed E-state index contributed by atoms with van der Waals surface area (Å²) < 4.78 is 7.05. The number of amides is 1. The van der Waals surface area contributed by atoms with Crippen LogP contribution in [0.5, 0.6) is 5.75 Å². The second-order valence-electron chi connectivity index (χ2n) is 5.73. The average molecular weight is 340 g/mol. The SMILES string of the molecule is CCOc1ccc2nc(-c3nccn3[C@H](C(N)=O)[C@@H](C)O)ccc2c1. The van der Waals surface area contributed by atoms with E-state index >= 15 is 0 Å². The van der Waals surface area contributed by atoms with Gasteiger partial charge >= 0.3 is 0 Å². The molecular formula is C18H20N4O3. The molecule has 0 aliphatic carbocycles. The largest absolute Gasteiger partial charge is 0.494 e. The highest BCUT2D eigenvalue weighted by molar-refractivity contribution is 5.83. The van der Waals surface area contributed by atoms with Crippen molar-refractivity contribution >= 4 is 16.8 Å². The van der Waals surface area contributed by atoms with E-state index in [1.165, 1.54) is 6.92 Å². The highest BCUT2D eigenvalue weighted by atomic mass is 16.5. The van der Waals surface area contributed by atoms with Crippen LogP contribution in [0.3, 0.4) is 0 Å². The van der Waals surface area contributed by atoms with E-state index in [-0.39, 0.29) is 0 Å². The van der Waals surface area contributed by atoms with Crippen molar-refractivity contribution in [2.45, 2.75) is 26.0 Å². The fraction of sp³-hybridized carbons (Fsp3) is 0.278. The second kappa shape index (κ2) is 6.90. The van der Waals surface area contributed by atoms with E-state index in [0.29, 0.717) is 18.1 Å². The Kier molecular flexibility index (Phi) is 4.67. The maximum atomic E-state index is 11.7. The summed E-state index contributed by atoms with van der Waals surface area (Å²) in [6.45, 7) is 4.05. The van der Waals surface area contributed by atoms with E-state index in [2.05, 4.69) is 9.97 Å². The quantitative estimate of drug-likeness (QED) is 0.713. The van der Waals surface area contributed by atoms with Gasteiger partial charge in [0.15, 0.2) is 5.82 Å². The molecule has 0 unspecified atom stereocenters. The molecule has 2 aromatic heterocycles. The van der Waals surface area contributed by atoms with E-state index < -0.39 is 18.1 Å². The number of hydrogen-bond donors (Lipinski definition) is 2. The lowest BCUT2D eigenvalue weighted by atomic mass is 10.1. The van der Waals surface area contributed by atoms with E-state index in [1.54, 1.807) is 17.0 Å². The molecule has 0 aliphatic heterocycles. The van der Waals surface area contributed by atoms with Gasteiger partial charge in [-0.2, -0.15) is 0 Å². The number of aromatic nitrogens is 3. The highest BCUT2D eigenvalue weighted by Gasteiger charge is 2.26. The van der Waals surface area contributed by atoms with Crippen LogP contribution in [0.15, 0.2) is 42.7 Å². The molecule has 1 amide bonds. The van der Waals surface area contributed by atoms with Crippen molar-refractivity contribution < 1.29 is 14.6 Å². The molecule has 3 N–H and O–H groups in total. The zero-order valence-corrected chi connectivity index (χ0v) is 14.1. The number of primary amides is 1. The first kappa shape index (κ1) is 16.9. The molecule has 0 radical (unpaired) electrons. The number of rotatable bonds is 6. The molecule has 2 atom stereocenters. The number of fused-ring (bicyclic) bond motifs is 1. The molecular weight excluding hydrogens is 320 g/mol. The summed E-state index contributed by atoms with van der Waals surface area (Å²) in [6.07, 6.45) is 2.22. The van der Waals surface area contributed by atoms with Gasteiger partial charge in [-0.15, -0.1) is 0 Å². The Hall–Kier alpha value is -2.93. The number of carbonyl (C=O) groups is 1. The van der Waals surface area contributed by atoms with Gasteiger partial charge in [-0.25, -0.2) is 9.97 Å². The summed E-state index contributed by atoms with van der Waals surface area (Å²) in [5.74, 6) is 0.630. The maximum absolute atomic E-state index is 11.7. The number of hydrogen-bond acceptors (Lipinski definition) is 5. The monoisotopic (exact) mass is 340 g/mol. The molecule has 3 aromatic rings. The lowest BCUT2D eigenvalue weighted by Gasteiger charge is -2.20. The fourth-order valence-electron chi connectivity index (χ4n) is 2.83. The number of ether oxygens (including phenoxy) is 1. The molecule has 0 aliphatic rings. The van der Waals surface area contributed by atoms with E-state index in [4.69, 9.17) is 10.5 Å². The van der Waals surface area contributed by atoms with Gasteiger partial charge in [0.1, 0.15) is 17.5 Å². The van der Waals surface area contributed by atoms with E-state index in [9.17, 15) is 9.90 Å². The molecule has 1 aromatic carbocycles. The summed E-state index contributed by atoms with van der Waals surface area (Å²) in [6, 6.07) is 8.48. The molecule has 25 heavy (non-hydrogen) atoms. The molecule has 0 fully saturated rings. The number of pyridine rings is 1. The first-order valence-corrected chi connectivity index (χ1v) is 8.05. The summed E-state index contributed by atoms with van der Waals surface area (Å²) >= 11 is 0. The van der Waals surface area contributed by atoms with Gasteiger partial charge in [-0.1, -0.05) is 6.07 Å². The third kappa shape index (κ3) is 3.32. The Morgan fingerprint density at radius 1 is 1.36 bits per heavy atom. The van der Waals surface area contributed by atoms with E-state index in [1.807, 2.05) is 37.3 Å². The van der Waals surface area contributed by atoms with Crippen molar-refractivity contribution in [2.24, 2.45) is 5.73 Å². The average Bonchev–Trinajstić information content (AvgIpc) is 3.03. The minimum Gasteiger partial charge on any atom is -0.494 e. The Morgan fingerprint density at radius 2 is 2.16 bits per heavy atom. The molecule has 0 saturated carbocycles. The van der Waals surface area contributed by atoms with Gasteiger partial charge in [0, 0.05) is 17.8 Å². The second-order valence-corrected chi connectivity index (χ2v) is 5.73. The van der Waals surface area contributed by atoms with Gasteiger partial charge in [0.05, 0.1) is 18.2 Å². The van der Waals surface area contributed by atoms with Crippen molar-refractivity contribution in [1.82, 2.24) is 14.5 Å². The van der Waals surface area contributed by atoms with Crippen LogP contribution in [0.1, 0.15) is 19.9 Å². The van der Waals surface area contributed by atoms with Crippen molar-refractivity contribution in [1.29, 1.82) is 0 Å². The third-order valence-electron chi connectivity index (χ3n) is 3.92. The van der Waals surface area contributed by atoms with Crippen LogP contribution in [-0.2, 0) is 4.79 Å². The van der Waals surface area contributed by atoms with Crippen LogP contribution in [0, 0.1) is 0 Å². The molecule has 7 nitrogen and oxygen atoms in total. The van der Waals surface area contributed by atoms with Crippen LogP contribution in [0.4, 0.5) is 0 Å². The number of benzene rings is 1. The zero-order valence-electron chi connectivity index (χ0n) is 14.1. The molecule has 7 heteroatoms. The first-order chi connectivity index (χ1) is 12.0. The van der Waals surface area contributed by atoms with Crippen molar-refractivity contribution in [3.8, 4) is 17.3 Å². The van der Waals surface area contributed by atoms with E-state index in [0.717, 1.165) is 16.7 Å². The summed E-state index contributed by atoms with van der Waals surface area (Å²) in [5.41, 5.74) is 6.80. The Balaban J connectivity index is 2.04.